The molecule has 0 saturated carbocycles. The fourth-order valence-corrected chi connectivity index (χ4v) is 1.28. The molecular weight excluding hydrogens is 208 g/mol. The summed E-state index contributed by atoms with van der Waals surface area (Å²) in [6.07, 6.45) is 1.05. The van der Waals surface area contributed by atoms with Gasteiger partial charge in [-0.1, -0.05) is 12.1 Å². The minimum absolute atomic E-state index is 0.139. The lowest BCUT2D eigenvalue weighted by Crippen LogP contribution is -2.40. The number of nitrogens with two attached hydrogens (primary N) is 1. The summed E-state index contributed by atoms with van der Waals surface area (Å²) in [5.41, 5.74) is 5.98. The highest BCUT2D eigenvalue weighted by Crippen LogP contribution is 2.10. The highest BCUT2D eigenvalue weighted by Gasteiger charge is 2.10. The second-order valence-corrected chi connectivity index (χ2v) is 3.38. The van der Waals surface area contributed by atoms with Crippen LogP contribution < -0.4 is 11.1 Å². The molecule has 0 fully saturated rings. The molecule has 0 aliphatic carbocycles. The molecule has 0 aliphatic rings. The number of rotatable bonds is 5. The van der Waals surface area contributed by atoms with Gasteiger partial charge in [0.25, 0.3) is 0 Å². The number of phenolic OH excluding ortho intramolecular Hbond substituents is 1. The van der Waals surface area contributed by atoms with Crippen molar-refractivity contribution in [1.82, 2.24) is 5.32 Å². The van der Waals surface area contributed by atoms with Crippen molar-refractivity contribution in [2.75, 3.05) is 6.54 Å². The van der Waals surface area contributed by atoms with Crippen LogP contribution in [0.2, 0.25) is 0 Å². The molecule has 0 saturated heterocycles. The van der Waals surface area contributed by atoms with Crippen LogP contribution in [0.4, 0.5) is 0 Å². The number of aromatic hydroxyl groups is 1. The Morgan fingerprint density at radius 1 is 1.44 bits per heavy atom. The Balaban J connectivity index is 2.59. The number of phenols is 1. The summed E-state index contributed by atoms with van der Waals surface area (Å²) in [5.74, 6) is -0.201. The third kappa shape index (κ3) is 3.70. The number of aldehydes is 1. The molecule has 0 radical (unpaired) electrons. The molecule has 16 heavy (non-hydrogen) atoms. The van der Waals surface area contributed by atoms with E-state index in [2.05, 4.69) is 5.32 Å². The molecule has 5 nitrogen and oxygen atoms in total. The van der Waals surface area contributed by atoms with Crippen LogP contribution in [0.5, 0.6) is 5.75 Å². The van der Waals surface area contributed by atoms with E-state index in [1.807, 2.05) is 0 Å². The van der Waals surface area contributed by atoms with Gasteiger partial charge < -0.3 is 21.0 Å². The fourth-order valence-electron chi connectivity index (χ4n) is 1.28. The fraction of sp³-hybridized carbons (Fsp3) is 0.273. The Hall–Kier alpha value is -1.88. The molecule has 0 heterocycles. The topological polar surface area (TPSA) is 92.4 Å². The Bertz CT molecular complexity index is 362. The average Bonchev–Trinajstić information content (AvgIpc) is 2.30. The third-order valence-electron chi connectivity index (χ3n) is 2.09. The van der Waals surface area contributed by atoms with Crippen LogP contribution in [0, 0.1) is 0 Å². The van der Waals surface area contributed by atoms with E-state index in [0.717, 1.165) is 5.56 Å². The van der Waals surface area contributed by atoms with Crippen molar-refractivity contribution in [3.8, 4) is 5.75 Å². The second kappa shape index (κ2) is 5.87. The standard InChI is InChI=1S/C11H14N2O3/c12-6-11(16)13-9(7-14)5-8-1-3-10(15)4-2-8/h1-4,7,9,15H,5-6,12H2,(H,13,16). The second-order valence-electron chi connectivity index (χ2n) is 3.38. The monoisotopic (exact) mass is 222 g/mol. The smallest absolute Gasteiger partial charge is 0.234 e. The molecule has 0 bridgehead atoms. The maximum absolute atomic E-state index is 11.0. The SMILES string of the molecule is NCC(=O)NC(C=O)Cc1ccc(O)cc1. The van der Waals surface area contributed by atoms with Gasteiger partial charge in [-0.15, -0.1) is 0 Å². The van der Waals surface area contributed by atoms with Crippen molar-refractivity contribution in [3.63, 3.8) is 0 Å². The molecular formula is C11H14N2O3. The molecule has 5 heteroatoms. The number of carbonyl (C=O) groups is 2. The summed E-state index contributed by atoms with van der Waals surface area (Å²) in [6.45, 7) is -0.139. The van der Waals surface area contributed by atoms with E-state index in [1.165, 1.54) is 12.1 Å². The van der Waals surface area contributed by atoms with Crippen molar-refractivity contribution in [1.29, 1.82) is 0 Å². The first-order valence-electron chi connectivity index (χ1n) is 4.88. The van der Waals surface area contributed by atoms with Gasteiger partial charge in [0.05, 0.1) is 12.6 Å². The van der Waals surface area contributed by atoms with Crippen molar-refractivity contribution in [3.05, 3.63) is 29.8 Å². The maximum atomic E-state index is 11.0. The van der Waals surface area contributed by atoms with Gasteiger partial charge >= 0.3 is 0 Å². The Kier molecular flexibility index (Phi) is 4.47. The van der Waals surface area contributed by atoms with Crippen LogP contribution in [-0.2, 0) is 16.0 Å². The van der Waals surface area contributed by atoms with Crippen LogP contribution in [0.15, 0.2) is 24.3 Å². The number of benzene rings is 1. The number of amides is 1. The van der Waals surface area contributed by atoms with Crippen molar-refractivity contribution < 1.29 is 14.7 Å². The molecule has 1 aromatic rings. The molecule has 1 rings (SSSR count). The minimum atomic E-state index is -0.583. The summed E-state index contributed by atoms with van der Waals surface area (Å²) < 4.78 is 0. The van der Waals surface area contributed by atoms with Gasteiger partial charge in [0.15, 0.2) is 0 Å². The molecule has 86 valence electrons. The molecule has 0 aliphatic heterocycles. The minimum Gasteiger partial charge on any atom is -0.508 e. The first kappa shape index (κ1) is 12.2. The van der Waals surface area contributed by atoms with Crippen LogP contribution in [0.25, 0.3) is 0 Å². The van der Waals surface area contributed by atoms with E-state index < -0.39 is 6.04 Å². The van der Waals surface area contributed by atoms with Gasteiger partial charge in [-0.05, 0) is 24.1 Å². The zero-order valence-corrected chi connectivity index (χ0v) is 8.72. The molecule has 0 aromatic heterocycles. The molecule has 1 aromatic carbocycles. The summed E-state index contributed by atoms with van der Waals surface area (Å²) in [7, 11) is 0. The number of carbonyl (C=O) groups excluding carboxylic acids is 2. The molecule has 1 amide bonds. The highest BCUT2D eigenvalue weighted by molar-refractivity contribution is 5.81. The van der Waals surface area contributed by atoms with Crippen molar-refractivity contribution >= 4 is 12.2 Å². The van der Waals surface area contributed by atoms with Crippen LogP contribution in [-0.4, -0.2) is 29.9 Å². The van der Waals surface area contributed by atoms with Gasteiger partial charge in [0.2, 0.25) is 5.91 Å². The van der Waals surface area contributed by atoms with Crippen molar-refractivity contribution in [2.24, 2.45) is 5.73 Å². The normalized spacial score (nSPS) is 11.8. The van der Waals surface area contributed by atoms with Gasteiger partial charge in [0.1, 0.15) is 12.0 Å². The van der Waals surface area contributed by atoms with E-state index in [4.69, 9.17) is 10.8 Å². The van der Waals surface area contributed by atoms with Gasteiger partial charge in [0, 0.05) is 0 Å². The van der Waals surface area contributed by atoms with E-state index in [-0.39, 0.29) is 18.2 Å². The molecule has 0 spiro atoms. The largest absolute Gasteiger partial charge is 0.508 e. The maximum Gasteiger partial charge on any atom is 0.234 e. The average molecular weight is 222 g/mol. The number of hydrogen-bond acceptors (Lipinski definition) is 4. The highest BCUT2D eigenvalue weighted by atomic mass is 16.3. The Labute approximate surface area is 93.3 Å². The first-order chi connectivity index (χ1) is 7.65. The van der Waals surface area contributed by atoms with Gasteiger partial charge in [-0.2, -0.15) is 0 Å². The van der Waals surface area contributed by atoms with Crippen LogP contribution >= 0.6 is 0 Å². The first-order valence-corrected chi connectivity index (χ1v) is 4.88. The molecule has 4 N–H and O–H groups in total. The predicted molar refractivity (Wildman–Crippen MR) is 58.9 cm³/mol. The zero-order chi connectivity index (χ0) is 12.0. The lowest BCUT2D eigenvalue weighted by atomic mass is 10.1. The van der Waals surface area contributed by atoms with Crippen LogP contribution in [0.1, 0.15) is 5.56 Å². The van der Waals surface area contributed by atoms with Gasteiger partial charge in [-0.3, -0.25) is 4.79 Å². The predicted octanol–water partition coefficient (Wildman–Crippen LogP) is -0.423. The summed E-state index contributed by atoms with van der Waals surface area (Å²) >= 11 is 0. The lowest BCUT2D eigenvalue weighted by Gasteiger charge is -2.11. The Morgan fingerprint density at radius 3 is 2.56 bits per heavy atom. The summed E-state index contributed by atoms with van der Waals surface area (Å²) in [6, 6.07) is 5.87. The summed E-state index contributed by atoms with van der Waals surface area (Å²) in [4.78, 5) is 21.7. The van der Waals surface area contributed by atoms with E-state index in [9.17, 15) is 9.59 Å². The van der Waals surface area contributed by atoms with E-state index in [1.54, 1.807) is 12.1 Å². The summed E-state index contributed by atoms with van der Waals surface area (Å²) in [5, 5.41) is 11.6. The van der Waals surface area contributed by atoms with Crippen LogP contribution in [0.3, 0.4) is 0 Å². The Morgan fingerprint density at radius 2 is 2.06 bits per heavy atom. The molecule has 1 unspecified atom stereocenters. The lowest BCUT2D eigenvalue weighted by molar-refractivity contribution is -0.122. The van der Waals surface area contributed by atoms with E-state index in [0.29, 0.717) is 12.7 Å². The van der Waals surface area contributed by atoms with Crippen molar-refractivity contribution in [2.45, 2.75) is 12.5 Å². The number of nitrogens with one attached hydrogen (secondary N) is 1. The zero-order valence-electron chi connectivity index (χ0n) is 8.72. The van der Waals surface area contributed by atoms with Gasteiger partial charge in [-0.25, -0.2) is 0 Å². The quantitative estimate of drug-likeness (QED) is 0.590. The third-order valence-corrected chi connectivity index (χ3v) is 2.09. The van der Waals surface area contributed by atoms with E-state index >= 15 is 0 Å². The molecule has 1 atom stereocenters. The number of hydrogen-bond donors (Lipinski definition) is 3.